The average molecular weight is 317 g/mol. The Bertz CT molecular complexity index is 593. The Morgan fingerprint density at radius 2 is 2.09 bits per heavy atom. The van der Waals surface area contributed by atoms with E-state index < -0.39 is 12.0 Å². The normalized spacial score (nSPS) is 21.5. The predicted molar refractivity (Wildman–Crippen MR) is 85.3 cm³/mol. The molecule has 2 atom stereocenters. The number of carbonyl (C=O) groups is 2. The van der Waals surface area contributed by atoms with Crippen LogP contribution in [0.15, 0.2) is 18.2 Å². The van der Waals surface area contributed by atoms with Gasteiger partial charge in [-0.05, 0) is 48.8 Å². The van der Waals surface area contributed by atoms with Crippen molar-refractivity contribution in [2.75, 3.05) is 13.2 Å². The van der Waals surface area contributed by atoms with Crippen molar-refractivity contribution in [1.29, 1.82) is 0 Å². The lowest BCUT2D eigenvalue weighted by molar-refractivity contribution is -0.145. The van der Waals surface area contributed by atoms with Crippen LogP contribution in [0.2, 0.25) is 0 Å². The fourth-order valence-corrected chi connectivity index (χ4v) is 3.55. The van der Waals surface area contributed by atoms with Crippen LogP contribution in [0.4, 0.5) is 0 Å². The Kier molecular flexibility index (Phi) is 4.96. The van der Waals surface area contributed by atoms with Gasteiger partial charge in [-0.2, -0.15) is 0 Å². The third-order valence-electron chi connectivity index (χ3n) is 4.78. The number of carbonyl (C=O) groups excluding carboxylic acids is 1. The summed E-state index contributed by atoms with van der Waals surface area (Å²) < 4.78 is 5.35. The fourth-order valence-electron chi connectivity index (χ4n) is 3.55. The highest BCUT2D eigenvalue weighted by molar-refractivity contribution is 5.85. The summed E-state index contributed by atoms with van der Waals surface area (Å²) in [6, 6.07) is 5.29. The van der Waals surface area contributed by atoms with Gasteiger partial charge in [0.25, 0.3) is 0 Å². The van der Waals surface area contributed by atoms with Crippen LogP contribution in [0.5, 0.6) is 0 Å². The molecule has 1 fully saturated rings. The fraction of sp³-hybridized carbons (Fsp3) is 0.556. The van der Waals surface area contributed by atoms with Crippen LogP contribution in [0.25, 0.3) is 0 Å². The molecule has 1 saturated heterocycles. The highest BCUT2D eigenvalue weighted by Crippen LogP contribution is 2.23. The number of ether oxygens (including phenoxy) is 1. The van der Waals surface area contributed by atoms with Crippen LogP contribution in [-0.4, -0.2) is 36.2 Å². The van der Waals surface area contributed by atoms with Crippen LogP contribution < -0.4 is 5.32 Å². The maximum Gasteiger partial charge on any atom is 0.326 e. The number of rotatable bonds is 5. The maximum absolute atomic E-state index is 12.3. The van der Waals surface area contributed by atoms with Gasteiger partial charge in [0, 0.05) is 12.5 Å². The standard InChI is InChI=1S/C18H23NO4/c20-16(10-12-6-7-13-3-1-4-14(13)9-12)19-17(18(21)22)15-5-2-8-23-11-15/h6-7,9,15,17H,1-5,8,10-11H2,(H,19,20)(H,21,22). The lowest BCUT2D eigenvalue weighted by Gasteiger charge is -2.28. The quantitative estimate of drug-likeness (QED) is 0.867. The largest absolute Gasteiger partial charge is 0.480 e. The lowest BCUT2D eigenvalue weighted by Crippen LogP contribution is -2.48. The summed E-state index contributed by atoms with van der Waals surface area (Å²) in [4.78, 5) is 23.7. The number of carboxylic acid groups (broad SMARTS) is 1. The van der Waals surface area contributed by atoms with Crippen LogP contribution in [-0.2, 0) is 33.6 Å². The topological polar surface area (TPSA) is 75.6 Å². The number of amides is 1. The smallest absolute Gasteiger partial charge is 0.326 e. The van der Waals surface area contributed by atoms with Gasteiger partial charge in [-0.15, -0.1) is 0 Å². The van der Waals surface area contributed by atoms with E-state index in [1.807, 2.05) is 6.07 Å². The van der Waals surface area contributed by atoms with Gasteiger partial charge < -0.3 is 15.2 Å². The SMILES string of the molecule is O=C(Cc1ccc2c(c1)CCC2)NC(C(=O)O)C1CCCOC1. The Morgan fingerprint density at radius 1 is 1.26 bits per heavy atom. The first-order valence-corrected chi connectivity index (χ1v) is 8.34. The molecule has 0 aromatic heterocycles. The highest BCUT2D eigenvalue weighted by atomic mass is 16.5. The van der Waals surface area contributed by atoms with Crippen LogP contribution in [0.1, 0.15) is 36.0 Å². The molecular weight excluding hydrogens is 294 g/mol. The van der Waals surface area contributed by atoms with Crippen molar-refractivity contribution in [3.05, 3.63) is 34.9 Å². The van der Waals surface area contributed by atoms with Crippen molar-refractivity contribution < 1.29 is 19.4 Å². The Labute approximate surface area is 136 Å². The van der Waals surface area contributed by atoms with Crippen molar-refractivity contribution in [3.63, 3.8) is 0 Å². The first kappa shape index (κ1) is 16.0. The van der Waals surface area contributed by atoms with Gasteiger partial charge in [-0.3, -0.25) is 4.79 Å². The van der Waals surface area contributed by atoms with Gasteiger partial charge in [-0.25, -0.2) is 4.79 Å². The monoisotopic (exact) mass is 317 g/mol. The molecule has 0 radical (unpaired) electrons. The number of carboxylic acids is 1. The highest BCUT2D eigenvalue weighted by Gasteiger charge is 2.31. The van der Waals surface area contributed by atoms with Gasteiger partial charge in [0.15, 0.2) is 0 Å². The molecule has 0 saturated carbocycles. The number of nitrogens with one attached hydrogen (secondary N) is 1. The summed E-state index contributed by atoms with van der Waals surface area (Å²) in [5.74, 6) is -1.37. The Morgan fingerprint density at radius 3 is 2.83 bits per heavy atom. The molecule has 2 N–H and O–H groups in total. The first-order valence-electron chi connectivity index (χ1n) is 8.34. The molecule has 23 heavy (non-hydrogen) atoms. The number of hydrogen-bond donors (Lipinski definition) is 2. The zero-order valence-corrected chi connectivity index (χ0v) is 13.2. The molecule has 1 amide bonds. The third kappa shape index (κ3) is 3.91. The van der Waals surface area contributed by atoms with Crippen molar-refractivity contribution in [2.24, 2.45) is 5.92 Å². The number of hydrogen-bond acceptors (Lipinski definition) is 3. The van der Waals surface area contributed by atoms with Crippen molar-refractivity contribution >= 4 is 11.9 Å². The summed E-state index contributed by atoms with van der Waals surface area (Å²) in [6.45, 7) is 1.07. The van der Waals surface area contributed by atoms with E-state index >= 15 is 0 Å². The number of benzene rings is 1. The molecule has 0 bridgehead atoms. The van der Waals surface area contributed by atoms with E-state index in [1.165, 1.54) is 17.5 Å². The Hall–Kier alpha value is -1.88. The molecule has 5 nitrogen and oxygen atoms in total. The van der Waals surface area contributed by atoms with Gasteiger partial charge >= 0.3 is 5.97 Å². The minimum Gasteiger partial charge on any atom is -0.480 e. The molecule has 1 heterocycles. The van der Waals surface area contributed by atoms with E-state index in [-0.39, 0.29) is 18.2 Å². The first-order chi connectivity index (χ1) is 11.1. The zero-order valence-electron chi connectivity index (χ0n) is 13.2. The molecule has 1 aliphatic carbocycles. The summed E-state index contributed by atoms with van der Waals surface area (Å²) in [5, 5.41) is 12.1. The molecular formula is C18H23NO4. The molecule has 2 unspecified atom stereocenters. The molecule has 1 aromatic carbocycles. The summed E-state index contributed by atoms with van der Waals surface area (Å²) >= 11 is 0. The molecule has 124 valence electrons. The second kappa shape index (κ2) is 7.13. The van der Waals surface area contributed by atoms with E-state index in [1.54, 1.807) is 0 Å². The number of fused-ring (bicyclic) bond motifs is 1. The Balaban J connectivity index is 1.61. The van der Waals surface area contributed by atoms with E-state index in [9.17, 15) is 14.7 Å². The van der Waals surface area contributed by atoms with Crippen LogP contribution >= 0.6 is 0 Å². The molecule has 5 heteroatoms. The van der Waals surface area contributed by atoms with E-state index in [0.29, 0.717) is 13.2 Å². The third-order valence-corrected chi connectivity index (χ3v) is 4.78. The molecule has 3 rings (SSSR count). The number of aryl methyl sites for hydroxylation is 2. The van der Waals surface area contributed by atoms with Crippen molar-refractivity contribution in [1.82, 2.24) is 5.32 Å². The van der Waals surface area contributed by atoms with E-state index in [4.69, 9.17) is 4.74 Å². The van der Waals surface area contributed by atoms with Gasteiger partial charge in [0.1, 0.15) is 6.04 Å². The molecule has 2 aliphatic rings. The second-order valence-corrected chi connectivity index (χ2v) is 6.49. The van der Waals surface area contributed by atoms with E-state index in [0.717, 1.165) is 31.2 Å². The minimum absolute atomic E-state index is 0.148. The predicted octanol–water partition coefficient (Wildman–Crippen LogP) is 1.71. The number of aliphatic carboxylic acids is 1. The van der Waals surface area contributed by atoms with Gasteiger partial charge in [0.2, 0.25) is 5.91 Å². The maximum atomic E-state index is 12.3. The zero-order chi connectivity index (χ0) is 16.2. The van der Waals surface area contributed by atoms with E-state index in [2.05, 4.69) is 17.4 Å². The van der Waals surface area contributed by atoms with Crippen molar-refractivity contribution in [3.8, 4) is 0 Å². The second-order valence-electron chi connectivity index (χ2n) is 6.49. The van der Waals surface area contributed by atoms with Crippen LogP contribution in [0.3, 0.4) is 0 Å². The summed E-state index contributed by atoms with van der Waals surface area (Å²) in [6.07, 6.45) is 5.20. The molecule has 1 aromatic rings. The van der Waals surface area contributed by atoms with Gasteiger partial charge in [0.05, 0.1) is 13.0 Å². The summed E-state index contributed by atoms with van der Waals surface area (Å²) in [5.41, 5.74) is 3.65. The van der Waals surface area contributed by atoms with Gasteiger partial charge in [-0.1, -0.05) is 18.2 Å². The van der Waals surface area contributed by atoms with Crippen molar-refractivity contribution in [2.45, 2.75) is 44.6 Å². The molecule has 1 aliphatic heterocycles. The molecule has 0 spiro atoms. The van der Waals surface area contributed by atoms with Crippen LogP contribution in [0, 0.1) is 5.92 Å². The summed E-state index contributed by atoms with van der Waals surface area (Å²) in [7, 11) is 0. The lowest BCUT2D eigenvalue weighted by atomic mass is 9.93. The average Bonchev–Trinajstić information content (AvgIpc) is 3.01. The minimum atomic E-state index is -0.984.